The number of halogens is 2. The number of ether oxygens (including phenoxy) is 1. The van der Waals surface area contributed by atoms with Gasteiger partial charge in [-0.15, -0.1) is 0 Å². The number of para-hydroxylation sites is 1. The van der Waals surface area contributed by atoms with Crippen LogP contribution in [0.5, 0.6) is 11.5 Å². The second kappa shape index (κ2) is 6.80. The zero-order valence-electron chi connectivity index (χ0n) is 10.6. The lowest BCUT2D eigenvalue weighted by molar-refractivity contribution is 0.473. The minimum Gasteiger partial charge on any atom is -0.455 e. The van der Waals surface area contributed by atoms with Crippen LogP contribution in [0.1, 0.15) is 12.5 Å². The summed E-state index contributed by atoms with van der Waals surface area (Å²) in [5.41, 5.74) is 1.05. The summed E-state index contributed by atoms with van der Waals surface area (Å²) in [7, 11) is 0. The fraction of sp³-hybridized carbons (Fsp3) is 0.200. The number of nitrogens with one attached hydrogen (secondary N) is 1. The van der Waals surface area contributed by atoms with Gasteiger partial charge in [0.25, 0.3) is 0 Å². The normalized spacial score (nSPS) is 10.5. The number of rotatable bonds is 5. The van der Waals surface area contributed by atoms with Crippen LogP contribution in [0.2, 0.25) is 10.0 Å². The van der Waals surface area contributed by atoms with Gasteiger partial charge in [0.15, 0.2) is 0 Å². The molecule has 0 aromatic heterocycles. The first-order valence-corrected chi connectivity index (χ1v) is 6.88. The van der Waals surface area contributed by atoms with E-state index in [-0.39, 0.29) is 0 Å². The smallest absolute Gasteiger partial charge is 0.146 e. The first-order chi connectivity index (χ1) is 9.20. The molecule has 2 aromatic carbocycles. The molecule has 0 heterocycles. The van der Waals surface area contributed by atoms with Crippen LogP contribution >= 0.6 is 23.2 Å². The van der Waals surface area contributed by atoms with Gasteiger partial charge in [0.1, 0.15) is 11.5 Å². The highest BCUT2D eigenvalue weighted by Gasteiger charge is 2.08. The third kappa shape index (κ3) is 3.87. The molecular weight excluding hydrogens is 281 g/mol. The number of hydrogen-bond donors (Lipinski definition) is 1. The van der Waals surface area contributed by atoms with Crippen LogP contribution in [0.25, 0.3) is 0 Å². The van der Waals surface area contributed by atoms with Crippen molar-refractivity contribution in [3.05, 3.63) is 58.1 Å². The van der Waals surface area contributed by atoms with Crippen molar-refractivity contribution < 1.29 is 4.74 Å². The summed E-state index contributed by atoms with van der Waals surface area (Å²) in [4.78, 5) is 0. The summed E-state index contributed by atoms with van der Waals surface area (Å²) in [6, 6.07) is 13.0. The second-order valence-corrected chi connectivity index (χ2v) is 4.91. The van der Waals surface area contributed by atoms with Crippen LogP contribution in [0, 0.1) is 0 Å². The minimum atomic E-state index is 0.580. The van der Waals surface area contributed by atoms with Crippen molar-refractivity contribution in [2.24, 2.45) is 0 Å². The Morgan fingerprint density at radius 1 is 1.05 bits per heavy atom. The van der Waals surface area contributed by atoms with Gasteiger partial charge in [0.05, 0.1) is 5.02 Å². The van der Waals surface area contributed by atoms with Crippen LogP contribution in [-0.4, -0.2) is 6.54 Å². The predicted octanol–water partition coefficient (Wildman–Crippen LogP) is 4.90. The maximum absolute atomic E-state index is 6.10. The topological polar surface area (TPSA) is 21.3 Å². The Kier molecular flexibility index (Phi) is 5.08. The average Bonchev–Trinajstić information content (AvgIpc) is 2.40. The zero-order chi connectivity index (χ0) is 13.7. The van der Waals surface area contributed by atoms with E-state index in [1.165, 1.54) is 0 Å². The van der Waals surface area contributed by atoms with E-state index < -0.39 is 0 Å². The molecule has 2 rings (SSSR count). The quantitative estimate of drug-likeness (QED) is 0.847. The van der Waals surface area contributed by atoms with Gasteiger partial charge >= 0.3 is 0 Å². The van der Waals surface area contributed by atoms with Crippen molar-refractivity contribution >= 4 is 23.2 Å². The van der Waals surface area contributed by atoms with Gasteiger partial charge in [-0.3, -0.25) is 0 Å². The summed E-state index contributed by atoms with van der Waals surface area (Å²) in [5, 5.41) is 4.49. The van der Waals surface area contributed by atoms with Crippen LogP contribution in [-0.2, 0) is 6.54 Å². The summed E-state index contributed by atoms with van der Waals surface area (Å²) in [6.45, 7) is 3.69. The lowest BCUT2D eigenvalue weighted by atomic mass is 10.2. The lowest BCUT2D eigenvalue weighted by Crippen LogP contribution is -2.12. The highest BCUT2D eigenvalue weighted by atomic mass is 35.5. The van der Waals surface area contributed by atoms with Gasteiger partial charge < -0.3 is 10.1 Å². The summed E-state index contributed by atoms with van der Waals surface area (Å²) >= 11 is 12.1. The second-order valence-electron chi connectivity index (χ2n) is 4.06. The number of benzene rings is 2. The van der Waals surface area contributed by atoms with Crippen molar-refractivity contribution in [3.8, 4) is 11.5 Å². The van der Waals surface area contributed by atoms with Crippen LogP contribution in [0.15, 0.2) is 42.5 Å². The molecule has 0 fully saturated rings. The van der Waals surface area contributed by atoms with E-state index in [1.807, 2.05) is 30.3 Å². The van der Waals surface area contributed by atoms with Gasteiger partial charge in [-0.25, -0.2) is 0 Å². The van der Waals surface area contributed by atoms with E-state index in [0.717, 1.165) is 24.4 Å². The molecule has 2 aromatic rings. The minimum absolute atomic E-state index is 0.580. The van der Waals surface area contributed by atoms with Gasteiger partial charge in [-0.05, 0) is 30.8 Å². The Morgan fingerprint density at radius 3 is 2.58 bits per heavy atom. The fourth-order valence-electron chi connectivity index (χ4n) is 1.68. The first kappa shape index (κ1) is 14.2. The molecule has 0 unspecified atom stereocenters. The molecule has 19 heavy (non-hydrogen) atoms. The van der Waals surface area contributed by atoms with Crippen molar-refractivity contribution in [1.82, 2.24) is 5.32 Å². The van der Waals surface area contributed by atoms with E-state index in [4.69, 9.17) is 27.9 Å². The van der Waals surface area contributed by atoms with E-state index in [1.54, 1.807) is 12.1 Å². The molecule has 0 amide bonds. The predicted molar refractivity (Wildman–Crippen MR) is 80.4 cm³/mol. The molecule has 100 valence electrons. The monoisotopic (exact) mass is 295 g/mol. The first-order valence-electron chi connectivity index (χ1n) is 6.12. The van der Waals surface area contributed by atoms with Crippen molar-refractivity contribution in [2.45, 2.75) is 13.5 Å². The third-order valence-corrected chi connectivity index (χ3v) is 3.20. The average molecular weight is 296 g/mol. The number of hydrogen-bond acceptors (Lipinski definition) is 2. The largest absolute Gasteiger partial charge is 0.455 e. The molecule has 1 N–H and O–H groups in total. The Bertz CT molecular complexity index is 558. The molecule has 0 saturated heterocycles. The van der Waals surface area contributed by atoms with Gasteiger partial charge in [-0.2, -0.15) is 0 Å². The van der Waals surface area contributed by atoms with E-state index >= 15 is 0 Å². The van der Waals surface area contributed by atoms with Crippen molar-refractivity contribution in [2.75, 3.05) is 6.54 Å². The maximum Gasteiger partial charge on any atom is 0.146 e. The molecule has 2 nitrogen and oxygen atoms in total. The third-order valence-electron chi connectivity index (χ3n) is 2.65. The SMILES string of the molecule is CCNCc1ccc(Cl)cc1Oc1ccccc1Cl. The molecule has 0 spiro atoms. The standard InChI is InChI=1S/C15H15Cl2NO/c1-2-18-10-11-7-8-12(16)9-15(11)19-14-6-4-3-5-13(14)17/h3-9,18H,2,10H2,1H3. The Hall–Kier alpha value is -1.22. The van der Waals surface area contributed by atoms with E-state index in [9.17, 15) is 0 Å². The van der Waals surface area contributed by atoms with Gasteiger partial charge in [0, 0.05) is 17.1 Å². The Morgan fingerprint density at radius 2 is 1.84 bits per heavy atom. The summed E-state index contributed by atoms with van der Waals surface area (Å²) in [6.07, 6.45) is 0. The molecule has 0 radical (unpaired) electrons. The molecule has 0 atom stereocenters. The van der Waals surface area contributed by atoms with Crippen molar-refractivity contribution in [3.63, 3.8) is 0 Å². The van der Waals surface area contributed by atoms with Crippen LogP contribution < -0.4 is 10.1 Å². The summed E-state index contributed by atoms with van der Waals surface area (Å²) in [5.74, 6) is 1.35. The Balaban J connectivity index is 2.27. The highest BCUT2D eigenvalue weighted by molar-refractivity contribution is 6.32. The molecule has 0 aliphatic carbocycles. The summed E-state index contributed by atoms with van der Waals surface area (Å²) < 4.78 is 5.86. The molecule has 0 bridgehead atoms. The molecule has 4 heteroatoms. The fourth-order valence-corrected chi connectivity index (χ4v) is 2.01. The van der Waals surface area contributed by atoms with Crippen molar-refractivity contribution in [1.29, 1.82) is 0 Å². The van der Waals surface area contributed by atoms with E-state index in [0.29, 0.717) is 15.8 Å². The van der Waals surface area contributed by atoms with E-state index in [2.05, 4.69) is 12.2 Å². The zero-order valence-corrected chi connectivity index (χ0v) is 12.1. The van der Waals surface area contributed by atoms with Crippen LogP contribution in [0.4, 0.5) is 0 Å². The molecule has 0 aliphatic rings. The lowest BCUT2D eigenvalue weighted by Gasteiger charge is -2.13. The molecular formula is C15H15Cl2NO. The maximum atomic E-state index is 6.10. The van der Waals surface area contributed by atoms with Crippen LogP contribution in [0.3, 0.4) is 0 Å². The highest BCUT2D eigenvalue weighted by Crippen LogP contribution is 2.32. The van der Waals surface area contributed by atoms with Gasteiger partial charge in [-0.1, -0.05) is 48.3 Å². The molecule has 0 aliphatic heterocycles. The van der Waals surface area contributed by atoms with Gasteiger partial charge in [0.2, 0.25) is 0 Å². The Labute approximate surface area is 123 Å². The molecule has 0 saturated carbocycles.